The Morgan fingerprint density at radius 1 is 0.968 bits per heavy atom. The Labute approximate surface area is 181 Å². The summed E-state index contributed by atoms with van der Waals surface area (Å²) in [6, 6.07) is 4.60. The Balaban J connectivity index is 2.51. The molecule has 0 fully saturated rings. The first-order valence-corrected chi connectivity index (χ1v) is 11.2. The van der Waals surface area contributed by atoms with Gasteiger partial charge in [0.15, 0.2) is 6.61 Å². The van der Waals surface area contributed by atoms with E-state index in [1.165, 1.54) is 28.6 Å². The van der Waals surface area contributed by atoms with Gasteiger partial charge in [-0.2, -0.15) is 4.31 Å². The van der Waals surface area contributed by atoms with Crippen molar-refractivity contribution in [2.45, 2.75) is 32.1 Å². The summed E-state index contributed by atoms with van der Waals surface area (Å²) in [5, 5.41) is 6.72. The zero-order chi connectivity index (χ0) is 23.4. The summed E-state index contributed by atoms with van der Waals surface area (Å²) < 4.78 is 30.9. The number of sulfonamides is 1. The molecule has 0 saturated heterocycles. The van der Waals surface area contributed by atoms with Gasteiger partial charge in [-0.15, -0.1) is 0 Å². The van der Waals surface area contributed by atoms with Crippen molar-refractivity contribution in [2.75, 3.05) is 32.8 Å². The van der Waals surface area contributed by atoms with E-state index < -0.39 is 47.0 Å². The number of esters is 1. The highest BCUT2D eigenvalue weighted by atomic mass is 32.2. The molecule has 12 heteroatoms. The molecule has 31 heavy (non-hydrogen) atoms. The van der Waals surface area contributed by atoms with Crippen LogP contribution in [0.15, 0.2) is 29.2 Å². The van der Waals surface area contributed by atoms with Gasteiger partial charge in [0.1, 0.15) is 6.54 Å². The number of hydrogen-bond acceptors (Lipinski definition) is 7. The fourth-order valence-electron chi connectivity index (χ4n) is 2.39. The first-order chi connectivity index (χ1) is 14.6. The van der Waals surface area contributed by atoms with Gasteiger partial charge in [0, 0.05) is 25.2 Å². The standard InChI is InChI=1S/C19H28N4O7S/c1-4-11-20-19(27)22-16(24)13-30-17(25)12-21-18(26)14-7-9-15(10-8-14)31(28,29)23(5-2)6-3/h7-10H,4-6,11-13H2,1-3H3,(H,21,26)(H2,20,22,24,27). The maximum atomic E-state index is 12.4. The van der Waals surface area contributed by atoms with Gasteiger partial charge in [-0.05, 0) is 30.7 Å². The van der Waals surface area contributed by atoms with E-state index in [1.807, 2.05) is 12.2 Å². The van der Waals surface area contributed by atoms with Crippen LogP contribution in [0.25, 0.3) is 0 Å². The number of carbonyl (C=O) groups is 4. The van der Waals surface area contributed by atoms with Gasteiger partial charge >= 0.3 is 12.0 Å². The predicted octanol–water partition coefficient (Wildman–Crippen LogP) is 0.226. The second-order valence-corrected chi connectivity index (χ2v) is 8.20. The Morgan fingerprint density at radius 2 is 1.58 bits per heavy atom. The van der Waals surface area contributed by atoms with Gasteiger partial charge in [-0.3, -0.25) is 19.7 Å². The van der Waals surface area contributed by atoms with Crippen LogP contribution in [0.3, 0.4) is 0 Å². The third-order valence-corrected chi connectivity index (χ3v) is 6.07. The summed E-state index contributed by atoms with van der Waals surface area (Å²) in [5.41, 5.74) is 0.150. The SMILES string of the molecule is CCCNC(=O)NC(=O)COC(=O)CNC(=O)c1ccc(S(=O)(=O)N(CC)CC)cc1. The van der Waals surface area contributed by atoms with Crippen molar-refractivity contribution < 1.29 is 32.3 Å². The maximum Gasteiger partial charge on any atom is 0.325 e. The number of nitrogens with one attached hydrogen (secondary N) is 3. The van der Waals surface area contributed by atoms with Gasteiger partial charge in [0.25, 0.3) is 11.8 Å². The molecule has 1 aromatic carbocycles. The lowest BCUT2D eigenvalue weighted by Gasteiger charge is -2.18. The minimum atomic E-state index is -3.64. The number of urea groups is 1. The van der Waals surface area contributed by atoms with Crippen LogP contribution < -0.4 is 16.0 Å². The highest BCUT2D eigenvalue weighted by molar-refractivity contribution is 7.89. The molecule has 4 amide bonds. The van der Waals surface area contributed by atoms with Gasteiger partial charge in [-0.1, -0.05) is 20.8 Å². The first kappa shape index (κ1) is 26.0. The van der Waals surface area contributed by atoms with Crippen molar-refractivity contribution in [3.8, 4) is 0 Å². The van der Waals surface area contributed by atoms with Gasteiger partial charge in [-0.25, -0.2) is 13.2 Å². The van der Waals surface area contributed by atoms with Crippen LogP contribution in [0.4, 0.5) is 4.79 Å². The second-order valence-electron chi connectivity index (χ2n) is 6.26. The van der Waals surface area contributed by atoms with Gasteiger partial charge < -0.3 is 15.4 Å². The number of nitrogens with zero attached hydrogens (tertiary/aromatic N) is 1. The van der Waals surface area contributed by atoms with E-state index >= 15 is 0 Å². The zero-order valence-corrected chi connectivity index (χ0v) is 18.6. The van der Waals surface area contributed by atoms with E-state index in [1.54, 1.807) is 13.8 Å². The van der Waals surface area contributed by atoms with Crippen molar-refractivity contribution >= 4 is 33.8 Å². The highest BCUT2D eigenvalue weighted by Crippen LogP contribution is 2.16. The summed E-state index contributed by atoms with van der Waals surface area (Å²) in [4.78, 5) is 46.7. The monoisotopic (exact) mass is 456 g/mol. The molecule has 1 aromatic rings. The highest BCUT2D eigenvalue weighted by Gasteiger charge is 2.21. The molecule has 3 N–H and O–H groups in total. The van der Waals surface area contributed by atoms with E-state index in [0.717, 1.165) is 0 Å². The lowest BCUT2D eigenvalue weighted by atomic mass is 10.2. The van der Waals surface area contributed by atoms with Crippen LogP contribution in [-0.4, -0.2) is 69.3 Å². The Bertz CT molecular complexity index is 881. The van der Waals surface area contributed by atoms with Crippen molar-refractivity contribution in [1.82, 2.24) is 20.3 Å². The third kappa shape index (κ3) is 8.34. The number of amides is 4. The average Bonchev–Trinajstić information content (AvgIpc) is 2.75. The van der Waals surface area contributed by atoms with Crippen LogP contribution in [-0.2, 0) is 24.3 Å². The summed E-state index contributed by atoms with van der Waals surface area (Å²) in [5.74, 6) is -2.30. The topological polar surface area (TPSA) is 151 Å². The van der Waals surface area contributed by atoms with E-state index in [4.69, 9.17) is 0 Å². The van der Waals surface area contributed by atoms with Gasteiger partial charge in [0.05, 0.1) is 4.90 Å². The zero-order valence-electron chi connectivity index (χ0n) is 17.8. The molecule has 0 atom stereocenters. The molecule has 0 aliphatic rings. The molecule has 0 radical (unpaired) electrons. The fraction of sp³-hybridized carbons (Fsp3) is 0.474. The molecule has 0 spiro atoms. The van der Waals surface area contributed by atoms with Crippen LogP contribution in [0, 0.1) is 0 Å². The molecular weight excluding hydrogens is 428 g/mol. The van der Waals surface area contributed by atoms with E-state index in [-0.39, 0.29) is 10.5 Å². The number of ether oxygens (including phenoxy) is 1. The molecular formula is C19H28N4O7S. The Morgan fingerprint density at radius 3 is 2.13 bits per heavy atom. The molecule has 1 rings (SSSR count). The summed E-state index contributed by atoms with van der Waals surface area (Å²) >= 11 is 0. The number of benzene rings is 1. The minimum Gasteiger partial charge on any atom is -0.454 e. The number of hydrogen-bond donors (Lipinski definition) is 3. The molecule has 0 heterocycles. The van der Waals surface area contributed by atoms with Crippen LogP contribution in [0.1, 0.15) is 37.6 Å². The third-order valence-electron chi connectivity index (χ3n) is 4.01. The molecule has 172 valence electrons. The van der Waals surface area contributed by atoms with Crippen molar-refractivity contribution in [3.63, 3.8) is 0 Å². The van der Waals surface area contributed by atoms with Crippen LogP contribution in [0.5, 0.6) is 0 Å². The molecule has 0 saturated carbocycles. The van der Waals surface area contributed by atoms with Crippen molar-refractivity contribution in [2.24, 2.45) is 0 Å². The second kappa shape index (κ2) is 12.6. The molecule has 0 aliphatic carbocycles. The smallest absolute Gasteiger partial charge is 0.325 e. The number of carbonyl (C=O) groups excluding carboxylic acids is 4. The quantitative estimate of drug-likeness (QED) is 0.403. The number of imide groups is 1. The summed E-state index contributed by atoms with van der Waals surface area (Å²) in [7, 11) is -3.64. The summed E-state index contributed by atoms with van der Waals surface area (Å²) in [6.07, 6.45) is 0.699. The number of rotatable bonds is 11. The summed E-state index contributed by atoms with van der Waals surface area (Å²) in [6.45, 7) is 5.17. The average molecular weight is 457 g/mol. The maximum absolute atomic E-state index is 12.4. The first-order valence-electron chi connectivity index (χ1n) is 9.77. The van der Waals surface area contributed by atoms with E-state index in [0.29, 0.717) is 26.1 Å². The predicted molar refractivity (Wildman–Crippen MR) is 112 cm³/mol. The van der Waals surface area contributed by atoms with Crippen LogP contribution in [0.2, 0.25) is 0 Å². The Kier molecular flexibility index (Phi) is 10.6. The van der Waals surface area contributed by atoms with E-state index in [2.05, 4.69) is 15.4 Å². The molecule has 0 unspecified atom stereocenters. The minimum absolute atomic E-state index is 0.0566. The largest absolute Gasteiger partial charge is 0.454 e. The lowest BCUT2D eigenvalue weighted by Crippen LogP contribution is -2.42. The van der Waals surface area contributed by atoms with Gasteiger partial charge in [0.2, 0.25) is 10.0 Å². The van der Waals surface area contributed by atoms with Crippen molar-refractivity contribution in [1.29, 1.82) is 0 Å². The molecule has 11 nitrogen and oxygen atoms in total. The van der Waals surface area contributed by atoms with Crippen molar-refractivity contribution in [3.05, 3.63) is 29.8 Å². The molecule has 0 bridgehead atoms. The molecule has 0 aromatic heterocycles. The lowest BCUT2D eigenvalue weighted by molar-refractivity contribution is -0.147. The van der Waals surface area contributed by atoms with E-state index in [9.17, 15) is 27.6 Å². The molecule has 0 aliphatic heterocycles. The fourth-order valence-corrected chi connectivity index (χ4v) is 3.85. The Hall–Kier alpha value is -2.99. The van der Waals surface area contributed by atoms with Crippen LogP contribution >= 0.6 is 0 Å². The normalized spacial score (nSPS) is 11.0.